The molecule has 6 heteroatoms. The summed E-state index contributed by atoms with van der Waals surface area (Å²) in [5, 5.41) is 6.23. The maximum absolute atomic E-state index is 12.6. The highest BCUT2D eigenvalue weighted by atomic mass is 35.5. The predicted molar refractivity (Wildman–Crippen MR) is 100 cm³/mol. The number of aryl methyl sites for hydroxylation is 1. The minimum Gasteiger partial charge on any atom is -0.379 e. The summed E-state index contributed by atoms with van der Waals surface area (Å²) in [7, 11) is 0. The smallest absolute Gasteiger partial charge is 0.257 e. The van der Waals surface area contributed by atoms with Crippen molar-refractivity contribution in [3.05, 3.63) is 75.2 Å². The molecule has 4 nitrogen and oxygen atoms in total. The lowest BCUT2D eigenvalue weighted by atomic mass is 10.1. The molecule has 2 aromatic carbocycles. The van der Waals surface area contributed by atoms with E-state index in [2.05, 4.69) is 15.6 Å². The number of halogens is 1. The first kappa shape index (κ1) is 16.5. The first-order chi connectivity index (χ1) is 11.6. The molecule has 24 heavy (non-hydrogen) atoms. The van der Waals surface area contributed by atoms with Crippen LogP contribution in [0.4, 0.5) is 11.4 Å². The van der Waals surface area contributed by atoms with E-state index in [9.17, 15) is 4.79 Å². The van der Waals surface area contributed by atoms with Crippen molar-refractivity contribution in [3.63, 3.8) is 0 Å². The summed E-state index contributed by atoms with van der Waals surface area (Å²) in [6.45, 7) is 2.53. The van der Waals surface area contributed by atoms with Gasteiger partial charge >= 0.3 is 0 Å². The number of aromatic nitrogens is 1. The zero-order chi connectivity index (χ0) is 16.9. The van der Waals surface area contributed by atoms with Crippen molar-refractivity contribution in [2.75, 3.05) is 10.6 Å². The van der Waals surface area contributed by atoms with Gasteiger partial charge in [0.1, 0.15) is 0 Å². The Morgan fingerprint density at radius 3 is 2.54 bits per heavy atom. The maximum atomic E-state index is 12.6. The average molecular weight is 358 g/mol. The Morgan fingerprint density at radius 1 is 1.12 bits per heavy atom. The number of carbonyl (C=O) groups is 1. The number of para-hydroxylation sites is 2. The summed E-state index contributed by atoms with van der Waals surface area (Å²) >= 11 is 7.26. The van der Waals surface area contributed by atoms with Crippen molar-refractivity contribution < 1.29 is 4.79 Å². The molecule has 2 N–H and O–H groups in total. The van der Waals surface area contributed by atoms with Crippen molar-refractivity contribution >= 4 is 40.2 Å². The summed E-state index contributed by atoms with van der Waals surface area (Å²) in [6, 6.07) is 15.1. The van der Waals surface area contributed by atoms with Gasteiger partial charge < -0.3 is 10.6 Å². The van der Waals surface area contributed by atoms with Crippen LogP contribution in [0, 0.1) is 6.92 Å². The van der Waals surface area contributed by atoms with Gasteiger partial charge in [-0.25, -0.2) is 4.98 Å². The largest absolute Gasteiger partial charge is 0.379 e. The SMILES string of the molecule is Cc1ccccc1NC(=O)c1ccccc1NCc1cnc(Cl)s1. The monoisotopic (exact) mass is 357 g/mol. The van der Waals surface area contributed by atoms with E-state index in [1.165, 1.54) is 11.3 Å². The maximum Gasteiger partial charge on any atom is 0.257 e. The van der Waals surface area contributed by atoms with Gasteiger partial charge in [-0.05, 0) is 30.7 Å². The van der Waals surface area contributed by atoms with Crippen LogP contribution >= 0.6 is 22.9 Å². The first-order valence-corrected chi connectivity index (χ1v) is 8.63. The van der Waals surface area contributed by atoms with Crippen LogP contribution in [0.15, 0.2) is 54.7 Å². The van der Waals surface area contributed by atoms with Crippen molar-refractivity contribution in [1.29, 1.82) is 0 Å². The molecule has 0 saturated carbocycles. The molecule has 0 bridgehead atoms. The number of amides is 1. The topological polar surface area (TPSA) is 54.0 Å². The lowest BCUT2D eigenvalue weighted by Crippen LogP contribution is -2.15. The van der Waals surface area contributed by atoms with E-state index in [0.29, 0.717) is 16.6 Å². The molecule has 122 valence electrons. The molecule has 1 aromatic heterocycles. The first-order valence-electron chi connectivity index (χ1n) is 7.43. The van der Waals surface area contributed by atoms with Crippen molar-refractivity contribution in [2.45, 2.75) is 13.5 Å². The standard InChI is InChI=1S/C18H16ClN3OS/c1-12-6-2-4-8-15(12)22-17(23)14-7-3-5-9-16(14)20-10-13-11-21-18(19)24-13/h2-9,11,20H,10H2,1H3,(H,22,23). The van der Waals surface area contributed by atoms with Crippen LogP contribution in [0.1, 0.15) is 20.8 Å². The number of hydrogen-bond acceptors (Lipinski definition) is 4. The number of hydrogen-bond donors (Lipinski definition) is 2. The number of nitrogens with one attached hydrogen (secondary N) is 2. The van der Waals surface area contributed by atoms with Crippen LogP contribution in [-0.2, 0) is 6.54 Å². The molecule has 1 heterocycles. The fourth-order valence-electron chi connectivity index (χ4n) is 2.29. The Kier molecular flexibility index (Phi) is 5.13. The molecule has 0 aliphatic carbocycles. The number of thiazole rings is 1. The van der Waals surface area contributed by atoms with E-state index in [-0.39, 0.29) is 5.91 Å². The van der Waals surface area contributed by atoms with Gasteiger partial charge in [-0.2, -0.15) is 0 Å². The lowest BCUT2D eigenvalue weighted by molar-refractivity contribution is 0.102. The minimum absolute atomic E-state index is 0.144. The normalized spacial score (nSPS) is 10.4. The van der Waals surface area contributed by atoms with E-state index in [1.54, 1.807) is 12.3 Å². The van der Waals surface area contributed by atoms with E-state index in [1.807, 2.05) is 49.4 Å². The summed E-state index contributed by atoms with van der Waals surface area (Å²) in [4.78, 5) is 17.6. The summed E-state index contributed by atoms with van der Waals surface area (Å²) in [5.74, 6) is -0.144. The predicted octanol–water partition coefficient (Wildman–Crippen LogP) is 4.97. The highest BCUT2D eigenvalue weighted by Gasteiger charge is 2.12. The number of anilines is 2. The molecule has 0 aliphatic heterocycles. The molecule has 0 radical (unpaired) electrons. The number of carbonyl (C=O) groups excluding carboxylic acids is 1. The third kappa shape index (κ3) is 3.93. The van der Waals surface area contributed by atoms with E-state index < -0.39 is 0 Å². The molecule has 0 unspecified atom stereocenters. The Hall–Kier alpha value is -2.37. The van der Waals surface area contributed by atoms with Gasteiger partial charge in [-0.1, -0.05) is 41.9 Å². The van der Waals surface area contributed by atoms with Crippen LogP contribution in [0.25, 0.3) is 0 Å². The second kappa shape index (κ2) is 7.47. The number of rotatable bonds is 5. The zero-order valence-corrected chi connectivity index (χ0v) is 14.6. The van der Waals surface area contributed by atoms with Crippen LogP contribution in [-0.4, -0.2) is 10.9 Å². The highest BCUT2D eigenvalue weighted by molar-refractivity contribution is 7.15. The Bertz CT molecular complexity index is 863. The van der Waals surface area contributed by atoms with Crippen molar-refractivity contribution in [1.82, 2.24) is 4.98 Å². The third-order valence-electron chi connectivity index (χ3n) is 3.54. The van der Waals surface area contributed by atoms with Gasteiger partial charge in [0.15, 0.2) is 4.47 Å². The average Bonchev–Trinajstić information content (AvgIpc) is 3.01. The third-order valence-corrected chi connectivity index (χ3v) is 4.66. The number of nitrogens with zero attached hydrogens (tertiary/aromatic N) is 1. The quantitative estimate of drug-likeness (QED) is 0.677. The fraction of sp³-hybridized carbons (Fsp3) is 0.111. The number of benzene rings is 2. The molecular formula is C18H16ClN3OS. The van der Waals surface area contributed by atoms with Gasteiger partial charge in [0.2, 0.25) is 0 Å². The molecule has 3 rings (SSSR count). The van der Waals surface area contributed by atoms with Gasteiger partial charge in [0.25, 0.3) is 5.91 Å². The van der Waals surface area contributed by atoms with Crippen molar-refractivity contribution in [2.24, 2.45) is 0 Å². The zero-order valence-electron chi connectivity index (χ0n) is 13.0. The Morgan fingerprint density at radius 2 is 1.83 bits per heavy atom. The van der Waals surface area contributed by atoms with Crippen molar-refractivity contribution in [3.8, 4) is 0 Å². The summed E-state index contributed by atoms with van der Waals surface area (Å²) < 4.78 is 0.511. The molecule has 0 spiro atoms. The van der Waals surface area contributed by atoms with Crippen LogP contribution in [0.5, 0.6) is 0 Å². The van der Waals surface area contributed by atoms with Crippen LogP contribution in [0.2, 0.25) is 4.47 Å². The molecule has 0 aliphatic rings. The summed E-state index contributed by atoms with van der Waals surface area (Å²) in [6.07, 6.45) is 1.73. The Labute approximate surface area is 149 Å². The second-order valence-corrected chi connectivity index (χ2v) is 6.95. The molecule has 3 aromatic rings. The summed E-state index contributed by atoms with van der Waals surface area (Å²) in [5.41, 5.74) is 3.20. The fourth-order valence-corrected chi connectivity index (χ4v) is 3.20. The van der Waals surface area contributed by atoms with Gasteiger partial charge in [-0.15, -0.1) is 11.3 Å². The van der Waals surface area contributed by atoms with E-state index in [0.717, 1.165) is 21.8 Å². The minimum atomic E-state index is -0.144. The molecule has 0 fully saturated rings. The molecule has 0 atom stereocenters. The highest BCUT2D eigenvalue weighted by Crippen LogP contribution is 2.22. The van der Waals surface area contributed by atoms with E-state index in [4.69, 9.17) is 11.6 Å². The van der Waals surface area contributed by atoms with E-state index >= 15 is 0 Å². The Balaban J connectivity index is 1.75. The van der Waals surface area contributed by atoms with Gasteiger partial charge in [0, 0.05) is 22.4 Å². The molecular weight excluding hydrogens is 342 g/mol. The van der Waals surface area contributed by atoms with Gasteiger partial charge in [0.05, 0.1) is 12.1 Å². The molecule has 0 saturated heterocycles. The molecule has 1 amide bonds. The van der Waals surface area contributed by atoms with Gasteiger partial charge in [-0.3, -0.25) is 4.79 Å². The van der Waals surface area contributed by atoms with Crippen LogP contribution < -0.4 is 10.6 Å². The van der Waals surface area contributed by atoms with Crippen LogP contribution in [0.3, 0.4) is 0 Å². The second-order valence-electron chi connectivity index (χ2n) is 5.25. The lowest BCUT2D eigenvalue weighted by Gasteiger charge is -2.12.